The van der Waals surface area contributed by atoms with Crippen LogP contribution in [0, 0.1) is 6.92 Å². The molecule has 0 saturated carbocycles. The first-order chi connectivity index (χ1) is 12.5. The van der Waals surface area contributed by atoms with Crippen molar-refractivity contribution in [2.45, 2.75) is 13.8 Å². The van der Waals surface area contributed by atoms with Crippen molar-refractivity contribution >= 4 is 23.1 Å². The lowest BCUT2D eigenvalue weighted by Crippen LogP contribution is -2.26. The SMILES string of the molecule is CC(=O)NCCNc1cc(-c2cccs2)cc(-c2cc(C)ccc2O)n1. The van der Waals surface area contributed by atoms with Gasteiger partial charge in [0.2, 0.25) is 5.91 Å². The Morgan fingerprint density at radius 2 is 2.04 bits per heavy atom. The number of carbonyl (C=O) groups excluding carboxylic acids is 1. The number of phenolic OH excluding ortho intramolecular Hbond substituents is 1. The fraction of sp³-hybridized carbons (Fsp3) is 0.200. The largest absolute Gasteiger partial charge is 0.507 e. The molecule has 0 spiro atoms. The van der Waals surface area contributed by atoms with Crippen molar-refractivity contribution in [3.05, 3.63) is 53.4 Å². The molecule has 1 aromatic carbocycles. The molecule has 3 N–H and O–H groups in total. The molecule has 6 heteroatoms. The van der Waals surface area contributed by atoms with Crippen molar-refractivity contribution in [2.24, 2.45) is 0 Å². The molecule has 0 aliphatic rings. The van der Waals surface area contributed by atoms with Crippen LogP contribution in [0.4, 0.5) is 5.82 Å². The van der Waals surface area contributed by atoms with Gasteiger partial charge in [-0.25, -0.2) is 4.98 Å². The molecule has 2 heterocycles. The quantitative estimate of drug-likeness (QED) is 0.575. The third kappa shape index (κ3) is 4.40. The number of aromatic hydroxyl groups is 1. The normalized spacial score (nSPS) is 10.5. The van der Waals surface area contributed by atoms with Crippen LogP contribution in [-0.2, 0) is 4.79 Å². The number of rotatable bonds is 6. The van der Waals surface area contributed by atoms with Gasteiger partial charge in [0.05, 0.1) is 5.69 Å². The van der Waals surface area contributed by atoms with E-state index in [-0.39, 0.29) is 11.7 Å². The average Bonchev–Trinajstić information content (AvgIpc) is 3.15. The molecule has 5 nitrogen and oxygen atoms in total. The number of aryl methyl sites for hydroxylation is 1. The average molecular weight is 367 g/mol. The molecule has 0 fully saturated rings. The van der Waals surface area contributed by atoms with Crippen molar-refractivity contribution in [2.75, 3.05) is 18.4 Å². The van der Waals surface area contributed by atoms with Crippen LogP contribution >= 0.6 is 11.3 Å². The Kier molecular flexibility index (Phi) is 5.53. The van der Waals surface area contributed by atoms with Gasteiger partial charge in [-0.05, 0) is 48.2 Å². The molecule has 0 aliphatic carbocycles. The summed E-state index contributed by atoms with van der Waals surface area (Å²) in [4.78, 5) is 16.8. The Hall–Kier alpha value is -2.86. The first-order valence-electron chi connectivity index (χ1n) is 8.37. The Morgan fingerprint density at radius 3 is 2.77 bits per heavy atom. The summed E-state index contributed by atoms with van der Waals surface area (Å²) in [6.07, 6.45) is 0. The van der Waals surface area contributed by atoms with E-state index in [0.717, 1.165) is 16.0 Å². The molecular formula is C20H21N3O2S. The Labute approximate surface area is 156 Å². The van der Waals surface area contributed by atoms with Crippen LogP contribution in [0.2, 0.25) is 0 Å². The summed E-state index contributed by atoms with van der Waals surface area (Å²) < 4.78 is 0. The second-order valence-corrected chi connectivity index (χ2v) is 6.98. The van der Waals surface area contributed by atoms with Gasteiger partial charge in [0.15, 0.2) is 0 Å². The lowest BCUT2D eigenvalue weighted by atomic mass is 10.0. The molecule has 134 valence electrons. The summed E-state index contributed by atoms with van der Waals surface area (Å²) in [7, 11) is 0. The van der Waals surface area contributed by atoms with Gasteiger partial charge in [0.25, 0.3) is 0 Å². The number of phenols is 1. The molecule has 0 saturated heterocycles. The highest BCUT2D eigenvalue weighted by Gasteiger charge is 2.11. The molecular weight excluding hydrogens is 346 g/mol. The van der Waals surface area contributed by atoms with E-state index >= 15 is 0 Å². The van der Waals surface area contributed by atoms with Gasteiger partial charge in [-0.2, -0.15) is 0 Å². The molecule has 0 radical (unpaired) electrons. The van der Waals surface area contributed by atoms with E-state index in [2.05, 4.69) is 21.7 Å². The second-order valence-electron chi connectivity index (χ2n) is 6.03. The molecule has 3 aromatic rings. The van der Waals surface area contributed by atoms with Gasteiger partial charge in [-0.1, -0.05) is 17.7 Å². The van der Waals surface area contributed by atoms with Crippen LogP contribution in [0.5, 0.6) is 5.75 Å². The van der Waals surface area contributed by atoms with E-state index < -0.39 is 0 Å². The Balaban J connectivity index is 1.95. The minimum absolute atomic E-state index is 0.0579. The summed E-state index contributed by atoms with van der Waals surface area (Å²) in [5.41, 5.74) is 3.50. The third-order valence-corrected chi connectivity index (χ3v) is 4.78. The van der Waals surface area contributed by atoms with Crippen molar-refractivity contribution in [3.63, 3.8) is 0 Å². The topological polar surface area (TPSA) is 74.2 Å². The van der Waals surface area contributed by atoms with Crippen LogP contribution in [-0.4, -0.2) is 29.1 Å². The number of nitrogens with one attached hydrogen (secondary N) is 2. The van der Waals surface area contributed by atoms with Gasteiger partial charge in [-0.15, -0.1) is 11.3 Å². The third-order valence-electron chi connectivity index (χ3n) is 3.86. The van der Waals surface area contributed by atoms with E-state index in [0.29, 0.717) is 30.2 Å². The number of thiophene rings is 1. The number of anilines is 1. The highest BCUT2D eigenvalue weighted by atomic mass is 32.1. The molecule has 0 aliphatic heterocycles. The fourth-order valence-corrected chi connectivity index (χ4v) is 3.34. The molecule has 26 heavy (non-hydrogen) atoms. The highest BCUT2D eigenvalue weighted by Crippen LogP contribution is 2.34. The molecule has 2 aromatic heterocycles. The van der Waals surface area contributed by atoms with Crippen molar-refractivity contribution in [1.29, 1.82) is 0 Å². The number of carbonyl (C=O) groups is 1. The maximum atomic E-state index is 11.0. The predicted octanol–water partition coefficient (Wildman–Crippen LogP) is 4.04. The van der Waals surface area contributed by atoms with E-state index in [1.807, 2.05) is 42.6 Å². The first kappa shape index (κ1) is 17.9. The standard InChI is InChI=1S/C20H21N3O2S/c1-13-5-6-18(25)16(10-13)17-11-15(19-4-3-9-26-19)12-20(23-17)22-8-7-21-14(2)24/h3-6,9-12,25H,7-8H2,1-2H3,(H,21,24)(H,22,23). The molecule has 0 unspecified atom stereocenters. The summed E-state index contributed by atoms with van der Waals surface area (Å²) in [6, 6.07) is 13.5. The number of nitrogens with zero attached hydrogens (tertiary/aromatic N) is 1. The van der Waals surface area contributed by atoms with Gasteiger partial charge in [0.1, 0.15) is 11.6 Å². The first-order valence-corrected chi connectivity index (χ1v) is 9.25. The maximum absolute atomic E-state index is 11.0. The van der Waals surface area contributed by atoms with Gasteiger partial charge >= 0.3 is 0 Å². The van der Waals surface area contributed by atoms with Gasteiger partial charge in [0, 0.05) is 30.5 Å². The Morgan fingerprint density at radius 1 is 1.19 bits per heavy atom. The minimum atomic E-state index is -0.0579. The van der Waals surface area contributed by atoms with Crippen molar-refractivity contribution in [1.82, 2.24) is 10.3 Å². The molecule has 1 amide bonds. The smallest absolute Gasteiger partial charge is 0.216 e. The number of benzene rings is 1. The molecule has 0 bridgehead atoms. The maximum Gasteiger partial charge on any atom is 0.216 e. The second kappa shape index (κ2) is 8.01. The molecule has 3 rings (SSSR count). The van der Waals surface area contributed by atoms with Crippen LogP contribution in [0.25, 0.3) is 21.7 Å². The number of hydrogen-bond donors (Lipinski definition) is 3. The zero-order chi connectivity index (χ0) is 18.5. The van der Waals surface area contributed by atoms with Crippen LogP contribution < -0.4 is 10.6 Å². The van der Waals surface area contributed by atoms with Crippen molar-refractivity contribution in [3.8, 4) is 27.4 Å². The fourth-order valence-electron chi connectivity index (χ4n) is 2.63. The van der Waals surface area contributed by atoms with E-state index in [1.165, 1.54) is 6.92 Å². The summed E-state index contributed by atoms with van der Waals surface area (Å²) >= 11 is 1.65. The zero-order valence-electron chi connectivity index (χ0n) is 14.7. The number of pyridine rings is 1. The van der Waals surface area contributed by atoms with Gasteiger partial charge in [-0.3, -0.25) is 4.79 Å². The Bertz CT molecular complexity index is 907. The number of hydrogen-bond acceptors (Lipinski definition) is 5. The number of aromatic nitrogens is 1. The lowest BCUT2D eigenvalue weighted by Gasteiger charge is -2.12. The molecule has 0 atom stereocenters. The predicted molar refractivity (Wildman–Crippen MR) is 107 cm³/mol. The van der Waals surface area contributed by atoms with Crippen LogP contribution in [0.1, 0.15) is 12.5 Å². The van der Waals surface area contributed by atoms with Gasteiger partial charge < -0.3 is 15.7 Å². The lowest BCUT2D eigenvalue weighted by molar-refractivity contribution is -0.118. The van der Waals surface area contributed by atoms with Crippen LogP contribution in [0.15, 0.2) is 47.8 Å². The highest BCUT2D eigenvalue weighted by molar-refractivity contribution is 7.13. The van der Waals surface area contributed by atoms with E-state index in [9.17, 15) is 9.90 Å². The zero-order valence-corrected chi connectivity index (χ0v) is 15.6. The van der Waals surface area contributed by atoms with E-state index in [1.54, 1.807) is 17.4 Å². The summed E-state index contributed by atoms with van der Waals surface area (Å²) in [5, 5.41) is 18.3. The van der Waals surface area contributed by atoms with E-state index in [4.69, 9.17) is 0 Å². The van der Waals surface area contributed by atoms with Crippen molar-refractivity contribution < 1.29 is 9.90 Å². The summed E-state index contributed by atoms with van der Waals surface area (Å²) in [6.45, 7) is 4.57. The monoisotopic (exact) mass is 367 g/mol. The minimum Gasteiger partial charge on any atom is -0.507 e. The summed E-state index contributed by atoms with van der Waals surface area (Å²) in [5.74, 6) is 0.852. The number of amides is 1. The van der Waals surface area contributed by atoms with Crippen LogP contribution in [0.3, 0.4) is 0 Å².